The van der Waals surface area contributed by atoms with Crippen molar-refractivity contribution in [2.24, 2.45) is 0 Å². The smallest absolute Gasteiger partial charge is 0.253 e. The van der Waals surface area contributed by atoms with Crippen LogP contribution in [0.25, 0.3) is 5.69 Å². The van der Waals surface area contributed by atoms with Crippen LogP contribution in [0.5, 0.6) is 5.75 Å². The zero-order valence-electron chi connectivity index (χ0n) is 20.9. The van der Waals surface area contributed by atoms with Crippen LogP contribution in [0.1, 0.15) is 35.9 Å². The van der Waals surface area contributed by atoms with E-state index in [4.69, 9.17) is 4.74 Å². The van der Waals surface area contributed by atoms with Gasteiger partial charge in [-0.25, -0.2) is 8.42 Å². The van der Waals surface area contributed by atoms with Crippen LogP contribution in [0, 0.1) is 0 Å². The quantitative estimate of drug-likeness (QED) is 0.438. The molecule has 37 heavy (non-hydrogen) atoms. The summed E-state index contributed by atoms with van der Waals surface area (Å²) in [5, 5.41) is 12.2. The van der Waals surface area contributed by atoms with E-state index in [2.05, 4.69) is 20.4 Å². The van der Waals surface area contributed by atoms with Crippen molar-refractivity contribution in [3.8, 4) is 11.4 Å². The molecule has 0 aliphatic carbocycles. The van der Waals surface area contributed by atoms with E-state index in [1.807, 2.05) is 31.2 Å². The first kappa shape index (κ1) is 25.3. The highest BCUT2D eigenvalue weighted by atomic mass is 32.2. The van der Waals surface area contributed by atoms with E-state index in [0.29, 0.717) is 58.0 Å². The Balaban J connectivity index is 1.17. The molecule has 0 unspecified atom stereocenters. The van der Waals surface area contributed by atoms with Gasteiger partial charge < -0.3 is 9.64 Å². The van der Waals surface area contributed by atoms with E-state index in [0.717, 1.165) is 30.1 Å². The summed E-state index contributed by atoms with van der Waals surface area (Å²) in [5.74, 6) is 1.42. The van der Waals surface area contributed by atoms with Gasteiger partial charge in [0.1, 0.15) is 5.75 Å². The lowest BCUT2D eigenvalue weighted by molar-refractivity contribution is 0.0624. The van der Waals surface area contributed by atoms with E-state index < -0.39 is 10.0 Å². The average Bonchev–Trinajstić information content (AvgIpc) is 3.63. The fourth-order valence-electron chi connectivity index (χ4n) is 4.69. The van der Waals surface area contributed by atoms with E-state index in [-0.39, 0.29) is 10.8 Å². The fraction of sp³-hybridized carbons (Fsp3) is 0.440. The van der Waals surface area contributed by atoms with Gasteiger partial charge >= 0.3 is 0 Å². The van der Waals surface area contributed by atoms with Crippen molar-refractivity contribution in [1.29, 1.82) is 0 Å². The predicted octanol–water partition coefficient (Wildman–Crippen LogP) is 1.80. The molecule has 0 N–H and O–H groups in total. The van der Waals surface area contributed by atoms with Crippen LogP contribution in [-0.4, -0.2) is 94.5 Å². The van der Waals surface area contributed by atoms with E-state index in [9.17, 15) is 13.2 Å². The van der Waals surface area contributed by atoms with Crippen LogP contribution in [0.4, 0.5) is 0 Å². The van der Waals surface area contributed by atoms with Crippen LogP contribution in [-0.2, 0) is 16.6 Å². The second-order valence-electron chi connectivity index (χ2n) is 9.14. The van der Waals surface area contributed by atoms with E-state index in [1.54, 1.807) is 21.7 Å². The molecule has 2 aromatic carbocycles. The number of hydrogen-bond donors (Lipinski definition) is 0. The van der Waals surface area contributed by atoms with Gasteiger partial charge in [-0.1, -0.05) is 0 Å². The normalized spacial score (nSPS) is 17.3. The lowest BCUT2D eigenvalue weighted by Crippen LogP contribution is -2.48. The van der Waals surface area contributed by atoms with Gasteiger partial charge in [0.05, 0.1) is 23.7 Å². The van der Waals surface area contributed by atoms with Gasteiger partial charge in [-0.05, 0) is 78.7 Å². The molecule has 3 aromatic rings. The maximum atomic E-state index is 13.1. The molecule has 3 heterocycles. The second-order valence-corrected chi connectivity index (χ2v) is 11.1. The summed E-state index contributed by atoms with van der Waals surface area (Å²) < 4.78 is 34.2. The van der Waals surface area contributed by atoms with Gasteiger partial charge in [-0.2, -0.15) is 8.99 Å². The first-order valence-electron chi connectivity index (χ1n) is 12.6. The summed E-state index contributed by atoms with van der Waals surface area (Å²) in [4.78, 5) is 17.3. The van der Waals surface area contributed by atoms with Gasteiger partial charge in [0, 0.05) is 44.8 Å². The molecule has 2 aliphatic rings. The Morgan fingerprint density at radius 3 is 2.24 bits per heavy atom. The molecule has 0 spiro atoms. The Labute approximate surface area is 216 Å². The number of tetrazole rings is 1. The van der Waals surface area contributed by atoms with Crippen LogP contribution in [0.15, 0.2) is 53.4 Å². The Morgan fingerprint density at radius 2 is 1.59 bits per heavy atom. The van der Waals surface area contributed by atoms with Gasteiger partial charge in [-0.15, -0.1) is 5.10 Å². The Kier molecular flexibility index (Phi) is 7.49. The first-order chi connectivity index (χ1) is 18.0. The van der Waals surface area contributed by atoms with Crippen LogP contribution in [0.2, 0.25) is 0 Å². The maximum absolute atomic E-state index is 13.1. The zero-order chi connectivity index (χ0) is 25.8. The molecule has 196 valence electrons. The van der Waals surface area contributed by atoms with Gasteiger partial charge in [-0.3, -0.25) is 9.69 Å². The summed E-state index contributed by atoms with van der Waals surface area (Å²) in [6.45, 7) is 6.72. The number of nitrogens with zero attached hydrogens (tertiary/aromatic N) is 7. The number of carbonyl (C=O) groups is 1. The van der Waals surface area contributed by atoms with Crippen molar-refractivity contribution < 1.29 is 17.9 Å². The Hall–Kier alpha value is -3.35. The first-order valence-corrected chi connectivity index (χ1v) is 14.0. The van der Waals surface area contributed by atoms with Crippen molar-refractivity contribution in [2.75, 3.05) is 45.9 Å². The molecule has 0 atom stereocenters. The molecule has 0 saturated carbocycles. The summed E-state index contributed by atoms with van der Waals surface area (Å²) >= 11 is 0. The molecule has 1 amide bonds. The van der Waals surface area contributed by atoms with Crippen molar-refractivity contribution in [3.05, 3.63) is 59.9 Å². The number of ether oxygens (including phenoxy) is 1. The van der Waals surface area contributed by atoms with Crippen molar-refractivity contribution in [2.45, 2.75) is 31.2 Å². The monoisotopic (exact) mass is 525 g/mol. The van der Waals surface area contributed by atoms with Gasteiger partial charge in [0.15, 0.2) is 5.82 Å². The highest BCUT2D eigenvalue weighted by Gasteiger charge is 2.28. The predicted molar refractivity (Wildman–Crippen MR) is 136 cm³/mol. The zero-order valence-corrected chi connectivity index (χ0v) is 21.7. The molecule has 5 rings (SSSR count). The number of hydrogen-bond acceptors (Lipinski definition) is 8. The highest BCUT2D eigenvalue weighted by molar-refractivity contribution is 7.89. The fourth-order valence-corrected chi connectivity index (χ4v) is 6.21. The standard InChI is InChI=1S/C25H31N7O4S/c1-2-36-22-9-7-21(8-10-22)32-24(26-27-28-32)19-29-15-17-30(18-16-29)25(33)20-5-11-23(12-6-20)37(34,35)31-13-3-4-14-31/h5-12H,2-4,13-19H2,1H3. The SMILES string of the molecule is CCOc1ccc(-n2nnnc2CN2CCN(C(=O)c3ccc(S(=O)(=O)N4CCCC4)cc3)CC2)cc1. The largest absolute Gasteiger partial charge is 0.494 e. The van der Waals surface area contributed by atoms with Gasteiger partial charge in [0.25, 0.3) is 5.91 Å². The summed E-state index contributed by atoms with van der Waals surface area (Å²) in [5.41, 5.74) is 1.35. The number of piperazine rings is 1. The number of benzene rings is 2. The minimum absolute atomic E-state index is 0.0935. The minimum Gasteiger partial charge on any atom is -0.494 e. The molecule has 2 fully saturated rings. The lowest BCUT2D eigenvalue weighted by atomic mass is 10.2. The molecule has 0 radical (unpaired) electrons. The van der Waals surface area contributed by atoms with Crippen molar-refractivity contribution >= 4 is 15.9 Å². The molecular weight excluding hydrogens is 494 g/mol. The third kappa shape index (κ3) is 5.50. The number of rotatable bonds is 8. The average molecular weight is 526 g/mol. The third-order valence-electron chi connectivity index (χ3n) is 6.75. The Bertz CT molecular complexity index is 1310. The van der Waals surface area contributed by atoms with Crippen LogP contribution < -0.4 is 4.74 Å². The molecule has 1 aromatic heterocycles. The lowest BCUT2D eigenvalue weighted by Gasteiger charge is -2.34. The number of carbonyl (C=O) groups excluding carboxylic acids is 1. The van der Waals surface area contributed by atoms with Crippen LogP contribution in [0.3, 0.4) is 0 Å². The van der Waals surface area contributed by atoms with Gasteiger partial charge in [0.2, 0.25) is 10.0 Å². The van der Waals surface area contributed by atoms with Crippen molar-refractivity contribution in [1.82, 2.24) is 34.3 Å². The topological polar surface area (TPSA) is 114 Å². The number of sulfonamides is 1. The molecule has 2 aliphatic heterocycles. The molecule has 12 heteroatoms. The number of aromatic nitrogens is 4. The van der Waals surface area contributed by atoms with E-state index in [1.165, 1.54) is 16.4 Å². The minimum atomic E-state index is -3.49. The van der Waals surface area contributed by atoms with Crippen molar-refractivity contribution in [3.63, 3.8) is 0 Å². The highest BCUT2D eigenvalue weighted by Crippen LogP contribution is 2.22. The summed E-state index contributed by atoms with van der Waals surface area (Å²) in [7, 11) is -3.49. The third-order valence-corrected chi connectivity index (χ3v) is 8.67. The Morgan fingerprint density at radius 1 is 0.919 bits per heavy atom. The summed E-state index contributed by atoms with van der Waals surface area (Å²) in [6.07, 6.45) is 1.77. The van der Waals surface area contributed by atoms with Crippen LogP contribution >= 0.6 is 0 Å². The molecule has 2 saturated heterocycles. The number of amides is 1. The molecule has 11 nitrogen and oxygen atoms in total. The van der Waals surface area contributed by atoms with E-state index >= 15 is 0 Å². The molecular formula is C25H31N7O4S. The summed E-state index contributed by atoms with van der Waals surface area (Å²) in [6, 6.07) is 13.9. The maximum Gasteiger partial charge on any atom is 0.253 e. The molecule has 0 bridgehead atoms. The second kappa shape index (κ2) is 11.0.